The van der Waals surface area contributed by atoms with E-state index in [1.54, 1.807) is 0 Å². The van der Waals surface area contributed by atoms with Gasteiger partial charge in [0.1, 0.15) is 5.82 Å². The van der Waals surface area contributed by atoms with E-state index in [4.69, 9.17) is 0 Å². The van der Waals surface area contributed by atoms with Crippen LogP contribution < -0.4 is 4.90 Å². The van der Waals surface area contributed by atoms with Crippen LogP contribution in [0.5, 0.6) is 0 Å². The van der Waals surface area contributed by atoms with Gasteiger partial charge in [-0.15, -0.1) is 0 Å². The maximum absolute atomic E-state index is 4.22. The second-order valence-corrected chi connectivity index (χ2v) is 4.16. The first-order valence-electron chi connectivity index (χ1n) is 5.29. The van der Waals surface area contributed by atoms with Gasteiger partial charge in [-0.05, 0) is 25.7 Å². The molecule has 0 aliphatic carbocycles. The minimum atomic E-state index is 0.846. The molecule has 3 heteroatoms. The van der Waals surface area contributed by atoms with E-state index in [9.17, 15) is 0 Å². The van der Waals surface area contributed by atoms with E-state index in [1.807, 2.05) is 19.3 Å². The van der Waals surface area contributed by atoms with E-state index in [0.29, 0.717) is 0 Å². The summed E-state index contributed by atoms with van der Waals surface area (Å²) in [5, 5.41) is 0. The molecule has 2 rings (SSSR count). The first kappa shape index (κ1) is 9.44. The Bertz CT molecular complexity index is 286. The van der Waals surface area contributed by atoms with Crippen LogP contribution in [-0.2, 0) is 0 Å². The third kappa shape index (κ3) is 2.03. The summed E-state index contributed by atoms with van der Waals surface area (Å²) in [5.41, 5.74) is 1.17. The van der Waals surface area contributed by atoms with E-state index in [1.165, 1.54) is 18.5 Å². The molecule has 0 radical (unpaired) electrons. The molecule has 0 N–H and O–H groups in total. The molecule has 0 spiro atoms. The zero-order valence-corrected chi connectivity index (χ0v) is 8.90. The number of piperidine rings is 1. The SMILES string of the molecule is Cc1ncc(N2CCC(C)CC2)cn1. The van der Waals surface area contributed by atoms with Gasteiger partial charge in [-0.1, -0.05) is 6.92 Å². The summed E-state index contributed by atoms with van der Waals surface area (Å²) in [6, 6.07) is 0. The van der Waals surface area contributed by atoms with Gasteiger partial charge in [0.25, 0.3) is 0 Å². The van der Waals surface area contributed by atoms with Crippen molar-refractivity contribution in [2.45, 2.75) is 26.7 Å². The highest BCUT2D eigenvalue weighted by Gasteiger charge is 2.16. The van der Waals surface area contributed by atoms with Gasteiger partial charge in [-0.2, -0.15) is 0 Å². The second-order valence-electron chi connectivity index (χ2n) is 4.16. The van der Waals surface area contributed by atoms with Gasteiger partial charge in [0.15, 0.2) is 0 Å². The summed E-state index contributed by atoms with van der Waals surface area (Å²) in [6.07, 6.45) is 6.43. The van der Waals surface area contributed by atoms with E-state index < -0.39 is 0 Å². The number of anilines is 1. The molecule has 0 unspecified atom stereocenters. The first-order chi connectivity index (χ1) is 6.75. The van der Waals surface area contributed by atoms with E-state index in [0.717, 1.165) is 24.8 Å². The molecule has 1 fully saturated rings. The molecule has 0 amide bonds. The largest absolute Gasteiger partial charge is 0.369 e. The Morgan fingerprint density at radius 2 is 1.79 bits per heavy atom. The Hall–Kier alpha value is -1.12. The Morgan fingerprint density at radius 3 is 2.36 bits per heavy atom. The van der Waals surface area contributed by atoms with Crippen molar-refractivity contribution in [1.29, 1.82) is 0 Å². The van der Waals surface area contributed by atoms with Crippen molar-refractivity contribution in [2.24, 2.45) is 5.92 Å². The number of rotatable bonds is 1. The molecule has 1 aromatic heterocycles. The van der Waals surface area contributed by atoms with Crippen molar-refractivity contribution in [2.75, 3.05) is 18.0 Å². The van der Waals surface area contributed by atoms with Gasteiger partial charge >= 0.3 is 0 Å². The van der Waals surface area contributed by atoms with Gasteiger partial charge < -0.3 is 4.90 Å². The molecule has 14 heavy (non-hydrogen) atoms. The van der Waals surface area contributed by atoms with E-state index in [-0.39, 0.29) is 0 Å². The topological polar surface area (TPSA) is 29.0 Å². The Labute approximate surface area is 85.2 Å². The zero-order chi connectivity index (χ0) is 9.97. The average molecular weight is 191 g/mol. The van der Waals surface area contributed by atoms with Crippen molar-refractivity contribution in [3.63, 3.8) is 0 Å². The third-order valence-corrected chi connectivity index (χ3v) is 2.92. The Morgan fingerprint density at radius 1 is 1.21 bits per heavy atom. The summed E-state index contributed by atoms with van der Waals surface area (Å²) in [6.45, 7) is 6.53. The standard InChI is InChI=1S/C11H17N3/c1-9-3-5-14(6-4-9)11-7-12-10(2)13-8-11/h7-9H,3-6H2,1-2H3. The van der Waals surface area contributed by atoms with Crippen molar-refractivity contribution >= 4 is 5.69 Å². The van der Waals surface area contributed by atoms with Crippen LogP contribution in [0.15, 0.2) is 12.4 Å². The van der Waals surface area contributed by atoms with Crippen LogP contribution in [0.3, 0.4) is 0 Å². The Balaban J connectivity index is 2.05. The molecule has 1 saturated heterocycles. The highest BCUT2D eigenvalue weighted by Crippen LogP contribution is 2.21. The van der Waals surface area contributed by atoms with Crippen LogP contribution in [0.1, 0.15) is 25.6 Å². The highest BCUT2D eigenvalue weighted by molar-refractivity contribution is 5.42. The monoisotopic (exact) mass is 191 g/mol. The van der Waals surface area contributed by atoms with Crippen LogP contribution in [-0.4, -0.2) is 23.1 Å². The fourth-order valence-corrected chi connectivity index (χ4v) is 1.82. The second kappa shape index (κ2) is 3.95. The number of hydrogen-bond acceptors (Lipinski definition) is 3. The fourth-order valence-electron chi connectivity index (χ4n) is 1.82. The molecule has 0 aromatic carbocycles. The minimum Gasteiger partial charge on any atom is -0.369 e. The zero-order valence-electron chi connectivity index (χ0n) is 8.90. The van der Waals surface area contributed by atoms with Gasteiger partial charge in [-0.25, -0.2) is 9.97 Å². The lowest BCUT2D eigenvalue weighted by atomic mass is 9.99. The maximum Gasteiger partial charge on any atom is 0.125 e. The molecule has 1 aliphatic rings. The maximum atomic E-state index is 4.22. The van der Waals surface area contributed by atoms with E-state index in [2.05, 4.69) is 21.8 Å². The lowest BCUT2D eigenvalue weighted by Crippen LogP contribution is -2.32. The highest BCUT2D eigenvalue weighted by atomic mass is 15.1. The predicted molar refractivity (Wildman–Crippen MR) is 57.4 cm³/mol. The summed E-state index contributed by atoms with van der Waals surface area (Å²) >= 11 is 0. The van der Waals surface area contributed by atoms with Gasteiger partial charge in [0.05, 0.1) is 18.1 Å². The van der Waals surface area contributed by atoms with Crippen LogP contribution in [0, 0.1) is 12.8 Å². The van der Waals surface area contributed by atoms with E-state index >= 15 is 0 Å². The first-order valence-corrected chi connectivity index (χ1v) is 5.29. The summed E-state index contributed by atoms with van der Waals surface area (Å²) in [4.78, 5) is 10.8. The molecular weight excluding hydrogens is 174 g/mol. The van der Waals surface area contributed by atoms with Gasteiger partial charge in [-0.3, -0.25) is 0 Å². The lowest BCUT2D eigenvalue weighted by molar-refractivity contribution is 0.438. The Kier molecular flexibility index (Phi) is 2.66. The van der Waals surface area contributed by atoms with Crippen molar-refractivity contribution < 1.29 is 0 Å². The van der Waals surface area contributed by atoms with Crippen molar-refractivity contribution in [3.05, 3.63) is 18.2 Å². The molecule has 76 valence electrons. The van der Waals surface area contributed by atoms with Crippen LogP contribution in [0.2, 0.25) is 0 Å². The average Bonchev–Trinajstić information content (AvgIpc) is 2.21. The molecule has 0 saturated carbocycles. The summed E-state index contributed by atoms with van der Waals surface area (Å²) < 4.78 is 0. The number of hydrogen-bond donors (Lipinski definition) is 0. The normalized spacial score (nSPS) is 18.6. The number of aromatic nitrogens is 2. The molecule has 3 nitrogen and oxygen atoms in total. The summed E-state index contributed by atoms with van der Waals surface area (Å²) in [7, 11) is 0. The van der Waals surface area contributed by atoms with Crippen molar-refractivity contribution in [1.82, 2.24) is 9.97 Å². The number of aryl methyl sites for hydroxylation is 1. The molecule has 0 atom stereocenters. The molecule has 1 aliphatic heterocycles. The van der Waals surface area contributed by atoms with Crippen LogP contribution in [0.25, 0.3) is 0 Å². The van der Waals surface area contributed by atoms with Crippen molar-refractivity contribution in [3.8, 4) is 0 Å². The number of nitrogens with zero attached hydrogens (tertiary/aromatic N) is 3. The van der Waals surface area contributed by atoms with Gasteiger partial charge in [0.2, 0.25) is 0 Å². The quantitative estimate of drug-likeness (QED) is 0.680. The van der Waals surface area contributed by atoms with Crippen LogP contribution in [0.4, 0.5) is 5.69 Å². The summed E-state index contributed by atoms with van der Waals surface area (Å²) in [5.74, 6) is 1.72. The molecule has 2 heterocycles. The van der Waals surface area contributed by atoms with Gasteiger partial charge in [0, 0.05) is 13.1 Å². The molecular formula is C11H17N3. The predicted octanol–water partition coefficient (Wildman–Crippen LogP) is 2.02. The minimum absolute atomic E-state index is 0.846. The molecule has 0 bridgehead atoms. The molecule has 1 aromatic rings. The van der Waals surface area contributed by atoms with Crippen LogP contribution >= 0.6 is 0 Å². The third-order valence-electron chi connectivity index (χ3n) is 2.92. The smallest absolute Gasteiger partial charge is 0.125 e. The fraction of sp³-hybridized carbons (Fsp3) is 0.636. The lowest BCUT2D eigenvalue weighted by Gasteiger charge is -2.31.